The summed E-state index contributed by atoms with van der Waals surface area (Å²) in [5, 5.41) is 14.5. The molecule has 3 nitrogen and oxygen atoms in total. The van der Waals surface area contributed by atoms with Crippen molar-refractivity contribution in [2.24, 2.45) is 0 Å². The molecule has 0 aliphatic rings. The summed E-state index contributed by atoms with van der Waals surface area (Å²) in [4.78, 5) is -0.956. The molecule has 1 heterocycles. The fourth-order valence-corrected chi connectivity index (χ4v) is 2.85. The van der Waals surface area contributed by atoms with Gasteiger partial charge in [-0.3, -0.25) is 0 Å². The first kappa shape index (κ1) is 15.6. The number of nitrogens with one attached hydrogen (secondary N) is 1. The lowest BCUT2D eigenvalue weighted by Crippen LogP contribution is -2.53. The molecule has 0 aliphatic carbocycles. The van der Waals surface area contributed by atoms with Crippen LogP contribution in [0.15, 0.2) is 34.9 Å². The summed E-state index contributed by atoms with van der Waals surface area (Å²) in [5.41, 5.74) is -0.865. The number of likely N-dealkylation sites (N-methyl/N-ethyl adjacent to an activating group) is 1. The van der Waals surface area contributed by atoms with Crippen LogP contribution in [0.3, 0.4) is 0 Å². The van der Waals surface area contributed by atoms with Gasteiger partial charge in [-0.25, -0.2) is 4.39 Å². The van der Waals surface area contributed by atoms with E-state index in [0.717, 1.165) is 5.39 Å². The van der Waals surface area contributed by atoms with E-state index in [2.05, 4.69) is 5.32 Å². The molecule has 2 atom stereocenters. The van der Waals surface area contributed by atoms with E-state index in [1.54, 1.807) is 24.3 Å². The Morgan fingerprint density at radius 1 is 1.40 bits per heavy atom. The molecule has 20 heavy (non-hydrogen) atoms. The van der Waals surface area contributed by atoms with Gasteiger partial charge in [0.25, 0.3) is 0 Å². The van der Waals surface area contributed by atoms with E-state index in [1.165, 1.54) is 6.26 Å². The van der Waals surface area contributed by atoms with Crippen LogP contribution < -0.4 is 5.32 Å². The Morgan fingerprint density at radius 3 is 2.75 bits per heavy atom. The second-order valence-electron chi connectivity index (χ2n) is 4.60. The van der Waals surface area contributed by atoms with E-state index in [4.69, 9.17) is 27.6 Å². The second-order valence-corrected chi connectivity index (χ2v) is 5.76. The molecule has 1 aromatic heterocycles. The van der Waals surface area contributed by atoms with Gasteiger partial charge in [0, 0.05) is 5.39 Å². The van der Waals surface area contributed by atoms with Crippen molar-refractivity contribution in [2.45, 2.75) is 23.4 Å². The van der Waals surface area contributed by atoms with Crippen LogP contribution in [0.2, 0.25) is 0 Å². The van der Waals surface area contributed by atoms with Gasteiger partial charge in [-0.2, -0.15) is 0 Å². The molecule has 0 saturated carbocycles. The van der Waals surface area contributed by atoms with Gasteiger partial charge in [-0.05, 0) is 24.2 Å². The maximum absolute atomic E-state index is 13.5. The number of furan rings is 1. The summed E-state index contributed by atoms with van der Waals surface area (Å²) in [6.45, 7) is 1.33. The van der Waals surface area contributed by atoms with Gasteiger partial charge >= 0.3 is 0 Å². The third-order valence-corrected chi connectivity index (χ3v) is 3.85. The molecule has 0 fully saturated rings. The lowest BCUT2D eigenvalue weighted by molar-refractivity contribution is -0.0206. The SMILES string of the molecule is CCNC(C(Cl)Cl)C(O)(CF)c1ccc2ccoc2c1. The maximum Gasteiger partial charge on any atom is 0.136 e. The number of rotatable bonds is 6. The topological polar surface area (TPSA) is 45.4 Å². The fourth-order valence-electron chi connectivity index (χ4n) is 2.25. The number of fused-ring (bicyclic) bond motifs is 1. The van der Waals surface area contributed by atoms with E-state index in [1.807, 2.05) is 6.92 Å². The Bertz CT molecular complexity index is 575. The largest absolute Gasteiger partial charge is 0.464 e. The van der Waals surface area contributed by atoms with E-state index < -0.39 is 23.2 Å². The van der Waals surface area contributed by atoms with Gasteiger partial charge in [0.1, 0.15) is 22.7 Å². The summed E-state index contributed by atoms with van der Waals surface area (Å²) in [7, 11) is 0. The van der Waals surface area contributed by atoms with Gasteiger partial charge in [-0.15, -0.1) is 23.2 Å². The number of hydrogen-bond acceptors (Lipinski definition) is 3. The Balaban J connectivity index is 2.46. The normalized spacial score (nSPS) is 16.5. The van der Waals surface area contributed by atoms with Gasteiger partial charge in [-0.1, -0.05) is 19.1 Å². The quantitative estimate of drug-likeness (QED) is 0.802. The van der Waals surface area contributed by atoms with Crippen molar-refractivity contribution in [1.29, 1.82) is 0 Å². The van der Waals surface area contributed by atoms with Crippen molar-refractivity contribution in [1.82, 2.24) is 5.32 Å². The highest BCUT2D eigenvalue weighted by atomic mass is 35.5. The van der Waals surface area contributed by atoms with Crippen LogP contribution >= 0.6 is 23.2 Å². The average molecular weight is 320 g/mol. The van der Waals surface area contributed by atoms with Crippen molar-refractivity contribution < 1.29 is 13.9 Å². The van der Waals surface area contributed by atoms with Gasteiger partial charge < -0.3 is 14.8 Å². The van der Waals surface area contributed by atoms with Crippen LogP contribution in [0, 0.1) is 0 Å². The van der Waals surface area contributed by atoms with Crippen molar-refractivity contribution in [3.63, 3.8) is 0 Å². The van der Waals surface area contributed by atoms with Crippen LogP contribution in [0.4, 0.5) is 4.39 Å². The van der Waals surface area contributed by atoms with Crippen LogP contribution in [0.25, 0.3) is 11.0 Å². The molecule has 110 valence electrons. The zero-order chi connectivity index (χ0) is 14.8. The van der Waals surface area contributed by atoms with Crippen LogP contribution in [-0.4, -0.2) is 29.2 Å². The van der Waals surface area contributed by atoms with Crippen molar-refractivity contribution in [2.75, 3.05) is 13.2 Å². The lowest BCUT2D eigenvalue weighted by Gasteiger charge is -2.35. The van der Waals surface area contributed by atoms with Gasteiger partial charge in [0.15, 0.2) is 0 Å². The summed E-state index contributed by atoms with van der Waals surface area (Å²) >= 11 is 11.8. The number of alkyl halides is 3. The maximum atomic E-state index is 13.5. The monoisotopic (exact) mass is 319 g/mol. The smallest absolute Gasteiger partial charge is 0.136 e. The lowest BCUT2D eigenvalue weighted by atomic mass is 9.87. The molecule has 0 saturated heterocycles. The Morgan fingerprint density at radius 2 is 2.15 bits per heavy atom. The zero-order valence-electron chi connectivity index (χ0n) is 10.9. The van der Waals surface area contributed by atoms with Gasteiger partial charge in [0.2, 0.25) is 0 Å². The molecule has 0 spiro atoms. The third-order valence-electron chi connectivity index (χ3n) is 3.35. The number of benzene rings is 1. The molecule has 0 bridgehead atoms. The summed E-state index contributed by atoms with van der Waals surface area (Å²) in [6.07, 6.45) is 1.54. The molecule has 2 aromatic rings. The van der Waals surface area contributed by atoms with Gasteiger partial charge in [0.05, 0.1) is 12.3 Å². The Kier molecular flexibility index (Phi) is 4.91. The van der Waals surface area contributed by atoms with E-state index in [-0.39, 0.29) is 0 Å². The fraction of sp³-hybridized carbons (Fsp3) is 0.429. The molecule has 0 radical (unpaired) electrons. The van der Waals surface area contributed by atoms with Crippen LogP contribution in [0.1, 0.15) is 12.5 Å². The Labute approximate surface area is 126 Å². The minimum atomic E-state index is -1.81. The summed E-state index contributed by atoms with van der Waals surface area (Å²) < 4.78 is 18.8. The van der Waals surface area contributed by atoms with Crippen molar-refractivity contribution >= 4 is 34.2 Å². The first-order chi connectivity index (χ1) is 9.52. The highest BCUT2D eigenvalue weighted by Crippen LogP contribution is 2.33. The molecule has 2 unspecified atom stereocenters. The third kappa shape index (κ3) is 2.79. The molecular formula is C14H16Cl2FNO2. The standard InChI is InChI=1S/C14H16Cl2FNO2/c1-2-18-12(13(15)16)14(19,8-17)10-4-3-9-5-6-20-11(9)7-10/h3-7,12-13,18-19H,2,8H2,1H3. The molecule has 2 rings (SSSR count). The molecule has 1 aromatic carbocycles. The zero-order valence-corrected chi connectivity index (χ0v) is 12.5. The molecule has 6 heteroatoms. The number of aliphatic hydroxyl groups is 1. The minimum absolute atomic E-state index is 0.375. The van der Waals surface area contributed by atoms with Crippen LogP contribution in [0.5, 0.6) is 0 Å². The number of halogens is 3. The summed E-state index contributed by atoms with van der Waals surface area (Å²) in [6, 6.07) is 5.98. The predicted molar refractivity (Wildman–Crippen MR) is 79.0 cm³/mol. The minimum Gasteiger partial charge on any atom is -0.464 e. The highest BCUT2D eigenvalue weighted by Gasteiger charge is 2.42. The Hall–Kier alpha value is -0.810. The van der Waals surface area contributed by atoms with E-state index in [0.29, 0.717) is 17.7 Å². The van der Waals surface area contributed by atoms with Crippen molar-refractivity contribution in [3.8, 4) is 0 Å². The average Bonchev–Trinajstić information content (AvgIpc) is 2.91. The highest BCUT2D eigenvalue weighted by molar-refractivity contribution is 6.44. The van der Waals surface area contributed by atoms with E-state index >= 15 is 0 Å². The predicted octanol–water partition coefficient (Wildman–Crippen LogP) is 3.37. The molecular weight excluding hydrogens is 304 g/mol. The first-order valence-corrected chi connectivity index (χ1v) is 7.17. The number of hydrogen-bond donors (Lipinski definition) is 2. The van der Waals surface area contributed by atoms with E-state index in [9.17, 15) is 9.50 Å². The molecule has 0 aliphatic heterocycles. The molecule has 2 N–H and O–H groups in total. The van der Waals surface area contributed by atoms with Crippen LogP contribution in [-0.2, 0) is 5.60 Å². The molecule has 0 amide bonds. The summed E-state index contributed by atoms with van der Waals surface area (Å²) in [5.74, 6) is 0. The second kappa shape index (κ2) is 6.31. The first-order valence-electron chi connectivity index (χ1n) is 6.30. The van der Waals surface area contributed by atoms with Crippen molar-refractivity contribution in [3.05, 3.63) is 36.1 Å².